The molecule has 4 heteroatoms. The standard InChI is InChI=1S/C15H21N3O/c1-4-18(14(19)9-15(2,3)17)11-13-8-6-5-7-12(13)10-16/h5-8H,4,9,11,17H2,1-3H3. The van der Waals surface area contributed by atoms with Crippen molar-refractivity contribution in [3.8, 4) is 6.07 Å². The highest BCUT2D eigenvalue weighted by molar-refractivity contribution is 5.77. The lowest BCUT2D eigenvalue weighted by Gasteiger charge is -2.26. The summed E-state index contributed by atoms with van der Waals surface area (Å²) in [4.78, 5) is 13.9. The van der Waals surface area contributed by atoms with Gasteiger partial charge in [0.1, 0.15) is 0 Å². The summed E-state index contributed by atoms with van der Waals surface area (Å²) in [6, 6.07) is 9.49. The molecule has 0 bridgehead atoms. The summed E-state index contributed by atoms with van der Waals surface area (Å²) in [5, 5.41) is 9.06. The van der Waals surface area contributed by atoms with E-state index in [0.29, 0.717) is 25.1 Å². The lowest BCUT2D eigenvalue weighted by atomic mass is 10.0. The van der Waals surface area contributed by atoms with Gasteiger partial charge in [0.15, 0.2) is 0 Å². The first-order valence-corrected chi connectivity index (χ1v) is 6.42. The second-order valence-electron chi connectivity index (χ2n) is 5.34. The van der Waals surface area contributed by atoms with Crippen molar-refractivity contribution in [1.29, 1.82) is 5.26 Å². The van der Waals surface area contributed by atoms with Crippen molar-refractivity contribution in [2.24, 2.45) is 5.73 Å². The van der Waals surface area contributed by atoms with Crippen LogP contribution in [0.25, 0.3) is 0 Å². The molecule has 1 amide bonds. The van der Waals surface area contributed by atoms with E-state index < -0.39 is 5.54 Å². The van der Waals surface area contributed by atoms with Crippen molar-refractivity contribution in [2.75, 3.05) is 6.54 Å². The van der Waals surface area contributed by atoms with Crippen LogP contribution in [-0.4, -0.2) is 22.9 Å². The molecule has 102 valence electrons. The van der Waals surface area contributed by atoms with Crippen LogP contribution in [0.4, 0.5) is 0 Å². The van der Waals surface area contributed by atoms with Crippen molar-refractivity contribution in [3.63, 3.8) is 0 Å². The Bertz CT molecular complexity index is 483. The topological polar surface area (TPSA) is 70.1 Å². The largest absolute Gasteiger partial charge is 0.339 e. The van der Waals surface area contributed by atoms with Crippen molar-refractivity contribution < 1.29 is 4.79 Å². The number of hydrogen-bond donors (Lipinski definition) is 1. The van der Waals surface area contributed by atoms with Gasteiger partial charge in [-0.3, -0.25) is 4.79 Å². The van der Waals surface area contributed by atoms with E-state index in [-0.39, 0.29) is 5.91 Å². The summed E-state index contributed by atoms with van der Waals surface area (Å²) < 4.78 is 0. The van der Waals surface area contributed by atoms with Crippen molar-refractivity contribution >= 4 is 5.91 Å². The molecule has 2 N–H and O–H groups in total. The Balaban J connectivity index is 2.83. The number of rotatable bonds is 5. The number of hydrogen-bond acceptors (Lipinski definition) is 3. The van der Waals surface area contributed by atoms with Crippen molar-refractivity contribution in [3.05, 3.63) is 35.4 Å². The molecule has 19 heavy (non-hydrogen) atoms. The Labute approximate surface area is 114 Å². The highest BCUT2D eigenvalue weighted by atomic mass is 16.2. The summed E-state index contributed by atoms with van der Waals surface area (Å²) in [6.07, 6.45) is 0.301. The lowest BCUT2D eigenvalue weighted by Crippen LogP contribution is -2.41. The molecule has 0 fully saturated rings. The smallest absolute Gasteiger partial charge is 0.224 e. The van der Waals surface area contributed by atoms with Gasteiger partial charge in [0.25, 0.3) is 0 Å². The van der Waals surface area contributed by atoms with E-state index >= 15 is 0 Å². The minimum Gasteiger partial charge on any atom is -0.339 e. The van der Waals surface area contributed by atoms with E-state index in [2.05, 4.69) is 6.07 Å². The van der Waals surface area contributed by atoms with Gasteiger partial charge in [-0.25, -0.2) is 0 Å². The Morgan fingerprint density at radius 3 is 2.58 bits per heavy atom. The minimum absolute atomic E-state index is 0.0164. The normalized spacial score (nSPS) is 10.9. The molecule has 0 unspecified atom stereocenters. The van der Waals surface area contributed by atoms with E-state index in [1.165, 1.54) is 0 Å². The Kier molecular flexibility index (Phi) is 5.08. The molecule has 1 rings (SSSR count). The fraction of sp³-hybridized carbons (Fsp3) is 0.467. The van der Waals surface area contributed by atoms with Gasteiger partial charge in [-0.05, 0) is 32.4 Å². The van der Waals surface area contributed by atoms with Crippen LogP contribution >= 0.6 is 0 Å². The summed E-state index contributed by atoms with van der Waals surface area (Å²) in [5.41, 5.74) is 6.85. The van der Waals surface area contributed by atoms with Gasteiger partial charge in [-0.15, -0.1) is 0 Å². The van der Waals surface area contributed by atoms with Gasteiger partial charge in [0, 0.05) is 25.0 Å². The number of carbonyl (C=O) groups is 1. The molecule has 0 aliphatic carbocycles. The molecule has 0 spiro atoms. The highest BCUT2D eigenvalue weighted by Gasteiger charge is 2.21. The van der Waals surface area contributed by atoms with E-state index in [9.17, 15) is 4.79 Å². The van der Waals surface area contributed by atoms with Crippen molar-refractivity contribution in [2.45, 2.75) is 39.3 Å². The molecule has 0 saturated heterocycles. The number of carbonyl (C=O) groups excluding carboxylic acids is 1. The first kappa shape index (κ1) is 15.2. The van der Waals surface area contributed by atoms with Crippen LogP contribution in [0, 0.1) is 11.3 Å². The zero-order chi connectivity index (χ0) is 14.5. The summed E-state index contributed by atoms with van der Waals surface area (Å²) in [7, 11) is 0. The Morgan fingerprint density at radius 1 is 1.42 bits per heavy atom. The second kappa shape index (κ2) is 6.35. The van der Waals surface area contributed by atoms with Crippen LogP contribution in [0.15, 0.2) is 24.3 Å². The number of benzene rings is 1. The van der Waals surface area contributed by atoms with Gasteiger partial charge in [-0.2, -0.15) is 5.26 Å². The van der Waals surface area contributed by atoms with E-state index in [1.807, 2.05) is 39.0 Å². The molecule has 0 heterocycles. The zero-order valence-electron chi connectivity index (χ0n) is 11.8. The number of nitriles is 1. The first-order chi connectivity index (χ1) is 8.87. The number of amides is 1. The molecule has 0 atom stereocenters. The lowest BCUT2D eigenvalue weighted by molar-refractivity contribution is -0.132. The molecule has 4 nitrogen and oxygen atoms in total. The Morgan fingerprint density at radius 2 is 2.05 bits per heavy atom. The third-order valence-corrected chi connectivity index (χ3v) is 2.84. The van der Waals surface area contributed by atoms with Crippen LogP contribution in [0.3, 0.4) is 0 Å². The molecular formula is C15H21N3O. The Hall–Kier alpha value is -1.86. The molecular weight excluding hydrogens is 238 g/mol. The highest BCUT2D eigenvalue weighted by Crippen LogP contribution is 2.13. The third-order valence-electron chi connectivity index (χ3n) is 2.84. The molecule has 1 aromatic rings. The van der Waals surface area contributed by atoms with E-state index in [4.69, 9.17) is 11.0 Å². The van der Waals surface area contributed by atoms with Gasteiger partial charge in [-0.1, -0.05) is 18.2 Å². The second-order valence-corrected chi connectivity index (χ2v) is 5.34. The van der Waals surface area contributed by atoms with Gasteiger partial charge >= 0.3 is 0 Å². The van der Waals surface area contributed by atoms with Crippen LogP contribution in [0.1, 0.15) is 38.3 Å². The number of nitrogens with two attached hydrogens (primary N) is 1. The maximum atomic E-state index is 12.2. The van der Waals surface area contributed by atoms with Gasteiger partial charge in [0.2, 0.25) is 5.91 Å². The van der Waals surface area contributed by atoms with Crippen LogP contribution < -0.4 is 5.73 Å². The summed E-state index contributed by atoms with van der Waals surface area (Å²) in [5.74, 6) is 0.0164. The minimum atomic E-state index is -0.515. The SMILES string of the molecule is CCN(Cc1ccccc1C#N)C(=O)CC(C)(C)N. The molecule has 0 saturated carbocycles. The predicted molar refractivity (Wildman–Crippen MR) is 75.1 cm³/mol. The summed E-state index contributed by atoms with van der Waals surface area (Å²) >= 11 is 0. The fourth-order valence-corrected chi connectivity index (χ4v) is 1.85. The molecule has 0 aromatic heterocycles. The van der Waals surface area contributed by atoms with E-state index in [0.717, 1.165) is 5.56 Å². The van der Waals surface area contributed by atoms with Crippen LogP contribution in [-0.2, 0) is 11.3 Å². The maximum Gasteiger partial charge on any atom is 0.224 e. The third kappa shape index (κ3) is 4.72. The molecule has 0 aliphatic rings. The van der Waals surface area contributed by atoms with E-state index in [1.54, 1.807) is 11.0 Å². The summed E-state index contributed by atoms with van der Waals surface area (Å²) in [6.45, 7) is 6.66. The average molecular weight is 259 g/mol. The zero-order valence-corrected chi connectivity index (χ0v) is 11.8. The maximum absolute atomic E-state index is 12.2. The quantitative estimate of drug-likeness (QED) is 0.879. The van der Waals surface area contributed by atoms with Crippen molar-refractivity contribution in [1.82, 2.24) is 4.90 Å². The molecule has 0 radical (unpaired) electrons. The first-order valence-electron chi connectivity index (χ1n) is 6.42. The average Bonchev–Trinajstić information content (AvgIpc) is 2.34. The predicted octanol–water partition coefficient (Wildman–Crippen LogP) is 2.03. The number of nitrogens with zero attached hydrogens (tertiary/aromatic N) is 2. The fourth-order valence-electron chi connectivity index (χ4n) is 1.85. The monoisotopic (exact) mass is 259 g/mol. The van der Waals surface area contributed by atoms with Crippen LogP contribution in [0.5, 0.6) is 0 Å². The van der Waals surface area contributed by atoms with Crippen LogP contribution in [0.2, 0.25) is 0 Å². The van der Waals surface area contributed by atoms with Gasteiger partial charge < -0.3 is 10.6 Å². The molecule has 0 aliphatic heterocycles. The molecule has 1 aromatic carbocycles. The van der Waals surface area contributed by atoms with Gasteiger partial charge in [0.05, 0.1) is 11.6 Å².